The molecule has 0 aromatic heterocycles. The summed E-state index contributed by atoms with van der Waals surface area (Å²) in [4.78, 5) is 11.0. The van der Waals surface area contributed by atoms with Gasteiger partial charge in [-0.2, -0.15) is 0 Å². The van der Waals surface area contributed by atoms with Gasteiger partial charge in [0.25, 0.3) is 0 Å². The fourth-order valence-electron chi connectivity index (χ4n) is 1.92. The molecule has 1 aliphatic heterocycles. The van der Waals surface area contributed by atoms with Crippen LogP contribution in [0.5, 0.6) is 5.75 Å². The molecular formula is C13H16O4. The highest BCUT2D eigenvalue weighted by molar-refractivity contribution is 5.90. The van der Waals surface area contributed by atoms with E-state index < -0.39 is 5.97 Å². The van der Waals surface area contributed by atoms with E-state index in [4.69, 9.17) is 14.6 Å². The van der Waals surface area contributed by atoms with Crippen molar-refractivity contribution in [2.24, 2.45) is 5.92 Å². The van der Waals surface area contributed by atoms with E-state index in [1.54, 1.807) is 25.1 Å². The highest BCUT2D eigenvalue weighted by Gasteiger charge is 2.17. The Morgan fingerprint density at radius 3 is 3.06 bits per heavy atom. The van der Waals surface area contributed by atoms with Crippen LogP contribution < -0.4 is 4.74 Å². The van der Waals surface area contributed by atoms with Crippen molar-refractivity contribution in [3.63, 3.8) is 0 Å². The molecule has 0 radical (unpaired) electrons. The van der Waals surface area contributed by atoms with Gasteiger partial charge in [0, 0.05) is 18.1 Å². The lowest BCUT2D eigenvalue weighted by atomic mass is 10.1. The van der Waals surface area contributed by atoms with Crippen LogP contribution in [0.15, 0.2) is 18.2 Å². The lowest BCUT2D eigenvalue weighted by Crippen LogP contribution is -2.13. The molecule has 1 saturated heterocycles. The molecule has 4 nitrogen and oxygen atoms in total. The topological polar surface area (TPSA) is 55.8 Å². The van der Waals surface area contributed by atoms with E-state index >= 15 is 0 Å². The minimum atomic E-state index is -0.919. The molecule has 1 N–H and O–H groups in total. The Bertz CT molecular complexity index is 408. The molecule has 1 atom stereocenters. The Morgan fingerprint density at radius 1 is 1.59 bits per heavy atom. The van der Waals surface area contributed by atoms with Crippen molar-refractivity contribution < 1.29 is 19.4 Å². The Kier molecular flexibility index (Phi) is 3.64. The zero-order chi connectivity index (χ0) is 12.3. The second-order valence-corrected chi connectivity index (χ2v) is 4.27. The molecule has 1 aliphatic rings. The first kappa shape index (κ1) is 11.9. The first-order valence-corrected chi connectivity index (χ1v) is 5.72. The van der Waals surface area contributed by atoms with E-state index in [2.05, 4.69) is 0 Å². The maximum Gasteiger partial charge on any atom is 0.336 e. The Morgan fingerprint density at radius 2 is 2.41 bits per heavy atom. The molecule has 0 saturated carbocycles. The van der Waals surface area contributed by atoms with Gasteiger partial charge in [-0.15, -0.1) is 0 Å². The summed E-state index contributed by atoms with van der Waals surface area (Å²) in [6, 6.07) is 5.09. The van der Waals surface area contributed by atoms with Gasteiger partial charge < -0.3 is 14.6 Å². The highest BCUT2D eigenvalue weighted by atomic mass is 16.5. The molecule has 1 aromatic carbocycles. The van der Waals surface area contributed by atoms with Gasteiger partial charge in [-0.1, -0.05) is 6.07 Å². The fraction of sp³-hybridized carbons (Fsp3) is 0.462. The summed E-state index contributed by atoms with van der Waals surface area (Å²) in [5, 5.41) is 8.99. The van der Waals surface area contributed by atoms with Gasteiger partial charge in [0.15, 0.2) is 0 Å². The van der Waals surface area contributed by atoms with Crippen LogP contribution in [0.4, 0.5) is 0 Å². The number of rotatable bonds is 4. The molecule has 17 heavy (non-hydrogen) atoms. The number of carboxylic acid groups (broad SMARTS) is 1. The van der Waals surface area contributed by atoms with Crippen molar-refractivity contribution >= 4 is 5.97 Å². The predicted molar refractivity (Wildman–Crippen MR) is 62.6 cm³/mol. The van der Waals surface area contributed by atoms with Crippen molar-refractivity contribution in [2.75, 3.05) is 19.8 Å². The molecule has 1 fully saturated rings. The van der Waals surface area contributed by atoms with Gasteiger partial charge in [-0.3, -0.25) is 0 Å². The maximum atomic E-state index is 11.0. The average molecular weight is 236 g/mol. The van der Waals surface area contributed by atoms with E-state index in [0.717, 1.165) is 19.6 Å². The van der Waals surface area contributed by atoms with Gasteiger partial charge >= 0.3 is 5.97 Å². The molecule has 4 heteroatoms. The van der Waals surface area contributed by atoms with Gasteiger partial charge in [-0.05, 0) is 25.5 Å². The summed E-state index contributed by atoms with van der Waals surface area (Å²) < 4.78 is 10.9. The molecule has 0 aliphatic carbocycles. The summed E-state index contributed by atoms with van der Waals surface area (Å²) in [6.07, 6.45) is 1.01. The third-order valence-electron chi connectivity index (χ3n) is 3.01. The minimum absolute atomic E-state index is 0.296. The minimum Gasteiger partial charge on any atom is -0.493 e. The first-order chi connectivity index (χ1) is 8.18. The van der Waals surface area contributed by atoms with Crippen molar-refractivity contribution in [3.8, 4) is 5.75 Å². The second-order valence-electron chi connectivity index (χ2n) is 4.27. The molecule has 0 amide bonds. The van der Waals surface area contributed by atoms with Crippen LogP contribution in [0.2, 0.25) is 0 Å². The van der Waals surface area contributed by atoms with Gasteiger partial charge in [0.1, 0.15) is 5.75 Å². The van der Waals surface area contributed by atoms with Crippen LogP contribution in [0.25, 0.3) is 0 Å². The van der Waals surface area contributed by atoms with Crippen molar-refractivity contribution in [1.82, 2.24) is 0 Å². The van der Waals surface area contributed by atoms with Crippen LogP contribution in [0, 0.1) is 12.8 Å². The number of benzene rings is 1. The SMILES string of the molecule is Cc1c(OCC2CCOC2)cccc1C(=O)O. The summed E-state index contributed by atoms with van der Waals surface area (Å²) in [5.41, 5.74) is 0.976. The van der Waals surface area contributed by atoms with Gasteiger partial charge in [-0.25, -0.2) is 4.79 Å². The van der Waals surface area contributed by atoms with Gasteiger partial charge in [0.05, 0.1) is 18.8 Å². The predicted octanol–water partition coefficient (Wildman–Crippen LogP) is 2.11. The second kappa shape index (κ2) is 5.19. The van der Waals surface area contributed by atoms with E-state index in [1.165, 1.54) is 0 Å². The number of hydrogen-bond donors (Lipinski definition) is 1. The van der Waals surface area contributed by atoms with E-state index in [1.807, 2.05) is 0 Å². The Balaban J connectivity index is 2.04. The van der Waals surface area contributed by atoms with E-state index in [-0.39, 0.29) is 0 Å². The number of aromatic carboxylic acids is 1. The van der Waals surface area contributed by atoms with Crippen molar-refractivity contribution in [1.29, 1.82) is 0 Å². The summed E-state index contributed by atoms with van der Waals surface area (Å²) in [6.45, 7) is 3.88. The molecule has 1 aromatic rings. The summed E-state index contributed by atoms with van der Waals surface area (Å²) in [7, 11) is 0. The zero-order valence-corrected chi connectivity index (χ0v) is 9.81. The number of carbonyl (C=O) groups is 1. The third kappa shape index (κ3) is 2.77. The third-order valence-corrected chi connectivity index (χ3v) is 3.01. The summed E-state index contributed by atoms with van der Waals surface area (Å²) in [5.74, 6) is 0.150. The maximum absolute atomic E-state index is 11.0. The van der Waals surface area contributed by atoms with Crippen LogP contribution in [0.3, 0.4) is 0 Å². The van der Waals surface area contributed by atoms with Crippen LogP contribution >= 0.6 is 0 Å². The average Bonchev–Trinajstić information content (AvgIpc) is 2.80. The quantitative estimate of drug-likeness (QED) is 0.869. The molecular weight excluding hydrogens is 220 g/mol. The molecule has 1 unspecified atom stereocenters. The Hall–Kier alpha value is -1.55. The fourth-order valence-corrected chi connectivity index (χ4v) is 1.92. The normalized spacial score (nSPS) is 19.2. The standard InChI is InChI=1S/C13H16O4/c1-9-11(13(14)15)3-2-4-12(9)17-8-10-5-6-16-7-10/h2-4,10H,5-8H2,1H3,(H,14,15). The number of ether oxygens (including phenoxy) is 2. The zero-order valence-electron chi connectivity index (χ0n) is 9.81. The summed E-state index contributed by atoms with van der Waals surface area (Å²) >= 11 is 0. The van der Waals surface area contributed by atoms with Crippen LogP contribution in [-0.4, -0.2) is 30.9 Å². The molecule has 0 spiro atoms. The lowest BCUT2D eigenvalue weighted by Gasteiger charge is -2.13. The smallest absolute Gasteiger partial charge is 0.336 e. The highest BCUT2D eigenvalue weighted by Crippen LogP contribution is 2.23. The van der Waals surface area contributed by atoms with E-state index in [0.29, 0.717) is 29.4 Å². The van der Waals surface area contributed by atoms with E-state index in [9.17, 15) is 4.79 Å². The molecule has 92 valence electrons. The van der Waals surface area contributed by atoms with Crippen LogP contribution in [-0.2, 0) is 4.74 Å². The number of carboxylic acids is 1. The van der Waals surface area contributed by atoms with Gasteiger partial charge in [0.2, 0.25) is 0 Å². The Labute approximate surface area is 100 Å². The van der Waals surface area contributed by atoms with Crippen molar-refractivity contribution in [3.05, 3.63) is 29.3 Å². The monoisotopic (exact) mass is 236 g/mol. The lowest BCUT2D eigenvalue weighted by molar-refractivity contribution is 0.0695. The molecule has 1 heterocycles. The number of hydrogen-bond acceptors (Lipinski definition) is 3. The molecule has 0 bridgehead atoms. The first-order valence-electron chi connectivity index (χ1n) is 5.72. The van der Waals surface area contributed by atoms with Crippen LogP contribution in [0.1, 0.15) is 22.3 Å². The molecule has 2 rings (SSSR count). The largest absolute Gasteiger partial charge is 0.493 e. The van der Waals surface area contributed by atoms with Crippen molar-refractivity contribution in [2.45, 2.75) is 13.3 Å².